The average molecular weight is 231 g/mol. The summed E-state index contributed by atoms with van der Waals surface area (Å²) in [7, 11) is 0. The normalized spacial score (nSPS) is 22.6. The van der Waals surface area contributed by atoms with Crippen LogP contribution in [0, 0.1) is 0 Å². The van der Waals surface area contributed by atoms with Crippen LogP contribution in [0.2, 0.25) is 0 Å². The molecule has 0 bridgehead atoms. The minimum atomic E-state index is 0.340. The van der Waals surface area contributed by atoms with Crippen molar-refractivity contribution in [2.75, 3.05) is 0 Å². The number of hydrogen-bond acceptors (Lipinski definition) is 2. The molecule has 0 aromatic heterocycles. The molecule has 0 unspecified atom stereocenters. The van der Waals surface area contributed by atoms with Gasteiger partial charge < -0.3 is 10.4 Å². The van der Waals surface area contributed by atoms with Crippen molar-refractivity contribution in [1.29, 1.82) is 0 Å². The Morgan fingerprint density at radius 3 is 2.65 bits per heavy atom. The smallest absolute Gasteiger partial charge is 0.0927 e. The summed E-state index contributed by atoms with van der Waals surface area (Å²) in [5, 5.41) is 13.4. The second-order valence-corrected chi connectivity index (χ2v) is 4.97. The zero-order valence-corrected chi connectivity index (χ0v) is 10.6. The van der Waals surface area contributed by atoms with Crippen LogP contribution in [0.25, 0.3) is 0 Å². The van der Waals surface area contributed by atoms with Crippen LogP contribution in [0.4, 0.5) is 0 Å². The Kier molecular flexibility index (Phi) is 3.85. The van der Waals surface area contributed by atoms with E-state index in [1.165, 1.54) is 5.56 Å². The summed E-state index contributed by atoms with van der Waals surface area (Å²) in [6.07, 6.45) is 2.89. The molecule has 0 spiro atoms. The van der Waals surface area contributed by atoms with E-state index in [4.69, 9.17) is 0 Å². The van der Waals surface area contributed by atoms with Gasteiger partial charge in [-0.15, -0.1) is 0 Å². The standard InChI is InChI=1S/C15H21NO/c1-11-8-9-14(10-15(11)17)16-12(2)13-6-4-3-5-7-13/h3-7,12,14,16-17H,8-10H2,1-2H3/t12-,14+/m0/s1. The third-order valence-corrected chi connectivity index (χ3v) is 3.59. The van der Waals surface area contributed by atoms with Gasteiger partial charge in [-0.2, -0.15) is 0 Å². The minimum Gasteiger partial charge on any atom is -0.512 e. The maximum Gasteiger partial charge on any atom is 0.0927 e. The topological polar surface area (TPSA) is 32.3 Å². The van der Waals surface area contributed by atoms with E-state index in [9.17, 15) is 5.11 Å². The van der Waals surface area contributed by atoms with Crippen molar-refractivity contribution < 1.29 is 5.11 Å². The fraction of sp³-hybridized carbons (Fsp3) is 0.467. The molecule has 2 N–H and O–H groups in total. The molecule has 1 aliphatic carbocycles. The lowest BCUT2D eigenvalue weighted by Crippen LogP contribution is -2.33. The predicted molar refractivity (Wildman–Crippen MR) is 71.0 cm³/mol. The fourth-order valence-corrected chi connectivity index (χ4v) is 2.38. The van der Waals surface area contributed by atoms with Crippen LogP contribution < -0.4 is 5.32 Å². The molecule has 0 saturated heterocycles. The van der Waals surface area contributed by atoms with E-state index in [1.807, 2.05) is 13.0 Å². The summed E-state index contributed by atoms with van der Waals surface area (Å²) >= 11 is 0. The lowest BCUT2D eigenvalue weighted by Gasteiger charge is -2.27. The van der Waals surface area contributed by atoms with Crippen molar-refractivity contribution in [1.82, 2.24) is 5.32 Å². The van der Waals surface area contributed by atoms with E-state index in [0.29, 0.717) is 17.8 Å². The van der Waals surface area contributed by atoms with E-state index in [1.54, 1.807) is 0 Å². The Labute approximate surface area is 103 Å². The molecule has 1 aromatic carbocycles. The van der Waals surface area contributed by atoms with Gasteiger partial charge in [0.15, 0.2) is 0 Å². The van der Waals surface area contributed by atoms with E-state index in [-0.39, 0.29) is 0 Å². The molecule has 1 aliphatic rings. The van der Waals surface area contributed by atoms with Crippen molar-refractivity contribution >= 4 is 0 Å². The molecule has 0 fully saturated rings. The Bertz CT molecular complexity index is 397. The predicted octanol–water partition coefficient (Wildman–Crippen LogP) is 3.72. The van der Waals surface area contributed by atoms with Gasteiger partial charge in [0, 0.05) is 18.5 Å². The lowest BCUT2D eigenvalue weighted by molar-refractivity contribution is 0.310. The zero-order chi connectivity index (χ0) is 12.3. The van der Waals surface area contributed by atoms with Crippen LogP contribution in [0.15, 0.2) is 41.7 Å². The monoisotopic (exact) mass is 231 g/mol. The number of rotatable bonds is 3. The van der Waals surface area contributed by atoms with Gasteiger partial charge in [-0.25, -0.2) is 0 Å². The minimum absolute atomic E-state index is 0.340. The van der Waals surface area contributed by atoms with Gasteiger partial charge in [0.25, 0.3) is 0 Å². The molecule has 0 radical (unpaired) electrons. The quantitative estimate of drug-likeness (QED) is 0.831. The number of aliphatic hydroxyl groups is 1. The Morgan fingerprint density at radius 1 is 1.29 bits per heavy atom. The van der Waals surface area contributed by atoms with Crippen molar-refractivity contribution in [2.24, 2.45) is 0 Å². The third kappa shape index (κ3) is 3.10. The lowest BCUT2D eigenvalue weighted by atomic mass is 9.93. The average Bonchev–Trinajstić information content (AvgIpc) is 2.35. The molecule has 2 heteroatoms. The molecule has 2 atom stereocenters. The second-order valence-electron chi connectivity index (χ2n) is 4.97. The zero-order valence-electron chi connectivity index (χ0n) is 10.6. The first-order valence-electron chi connectivity index (χ1n) is 6.35. The highest BCUT2D eigenvalue weighted by atomic mass is 16.3. The van der Waals surface area contributed by atoms with Gasteiger partial charge in [0.1, 0.15) is 0 Å². The van der Waals surface area contributed by atoms with Crippen LogP contribution in [-0.4, -0.2) is 11.1 Å². The van der Waals surface area contributed by atoms with Crippen molar-refractivity contribution in [3.63, 3.8) is 0 Å². The molecule has 0 heterocycles. The SMILES string of the molecule is CC1=C(O)C[C@H](N[C@@H](C)c2ccccc2)CC1. The van der Waals surface area contributed by atoms with Crippen molar-refractivity contribution in [2.45, 2.75) is 45.2 Å². The van der Waals surface area contributed by atoms with Gasteiger partial charge in [-0.05, 0) is 37.8 Å². The van der Waals surface area contributed by atoms with E-state index in [0.717, 1.165) is 24.8 Å². The summed E-state index contributed by atoms with van der Waals surface area (Å²) in [6, 6.07) is 11.2. The van der Waals surface area contributed by atoms with Crippen LogP contribution in [0.3, 0.4) is 0 Å². The Balaban J connectivity index is 1.95. The van der Waals surface area contributed by atoms with Gasteiger partial charge in [0.2, 0.25) is 0 Å². The summed E-state index contributed by atoms with van der Waals surface area (Å²) in [4.78, 5) is 0. The Morgan fingerprint density at radius 2 is 2.00 bits per heavy atom. The third-order valence-electron chi connectivity index (χ3n) is 3.59. The molecule has 2 rings (SSSR count). The second kappa shape index (κ2) is 5.37. The largest absolute Gasteiger partial charge is 0.512 e. The molecule has 0 aliphatic heterocycles. The van der Waals surface area contributed by atoms with E-state index in [2.05, 4.69) is 36.5 Å². The molecule has 0 amide bonds. The van der Waals surface area contributed by atoms with Crippen LogP contribution in [-0.2, 0) is 0 Å². The maximum atomic E-state index is 9.77. The fourth-order valence-electron chi connectivity index (χ4n) is 2.38. The van der Waals surface area contributed by atoms with E-state index >= 15 is 0 Å². The summed E-state index contributed by atoms with van der Waals surface area (Å²) in [5.74, 6) is 0.578. The highest BCUT2D eigenvalue weighted by Crippen LogP contribution is 2.24. The number of nitrogens with one attached hydrogen (secondary N) is 1. The van der Waals surface area contributed by atoms with Gasteiger partial charge in [-0.3, -0.25) is 0 Å². The number of hydrogen-bond donors (Lipinski definition) is 2. The van der Waals surface area contributed by atoms with Gasteiger partial charge in [-0.1, -0.05) is 30.3 Å². The molecule has 17 heavy (non-hydrogen) atoms. The molecular weight excluding hydrogens is 210 g/mol. The van der Waals surface area contributed by atoms with Gasteiger partial charge >= 0.3 is 0 Å². The molecule has 2 nitrogen and oxygen atoms in total. The molecular formula is C15H21NO. The van der Waals surface area contributed by atoms with Crippen molar-refractivity contribution in [3.8, 4) is 0 Å². The van der Waals surface area contributed by atoms with Crippen LogP contribution in [0.1, 0.15) is 44.7 Å². The first kappa shape index (κ1) is 12.2. The number of aliphatic hydroxyl groups excluding tert-OH is 1. The highest BCUT2D eigenvalue weighted by Gasteiger charge is 2.20. The first-order chi connectivity index (χ1) is 8.16. The van der Waals surface area contributed by atoms with Crippen LogP contribution >= 0.6 is 0 Å². The van der Waals surface area contributed by atoms with Gasteiger partial charge in [0.05, 0.1) is 5.76 Å². The van der Waals surface area contributed by atoms with Crippen LogP contribution in [0.5, 0.6) is 0 Å². The number of allylic oxidation sites excluding steroid dienone is 1. The molecule has 92 valence electrons. The van der Waals surface area contributed by atoms with Crippen molar-refractivity contribution in [3.05, 3.63) is 47.2 Å². The summed E-state index contributed by atoms with van der Waals surface area (Å²) < 4.78 is 0. The molecule has 0 saturated carbocycles. The Hall–Kier alpha value is -1.28. The first-order valence-corrected chi connectivity index (χ1v) is 6.35. The molecule has 1 aromatic rings. The number of benzene rings is 1. The highest BCUT2D eigenvalue weighted by molar-refractivity contribution is 5.19. The van der Waals surface area contributed by atoms with E-state index < -0.39 is 0 Å². The maximum absolute atomic E-state index is 9.77. The summed E-state index contributed by atoms with van der Waals surface area (Å²) in [5.41, 5.74) is 2.45. The summed E-state index contributed by atoms with van der Waals surface area (Å²) in [6.45, 7) is 4.20.